The molecule has 0 bridgehead atoms. The summed E-state index contributed by atoms with van der Waals surface area (Å²) in [5.74, 6) is -0.748. The van der Waals surface area contributed by atoms with E-state index in [-0.39, 0.29) is 0 Å². The molecule has 0 radical (unpaired) electrons. The number of carboxylic acid groups (broad SMARTS) is 1. The molecule has 0 aromatic carbocycles. The Labute approximate surface area is 85.8 Å². The quantitative estimate of drug-likeness (QED) is 0.779. The first-order chi connectivity index (χ1) is 6.65. The number of rotatable bonds is 3. The number of carboxylic acids is 1. The number of halogens is 1. The predicted molar refractivity (Wildman–Crippen MR) is 52.5 cm³/mol. The topological polar surface area (TPSA) is 59.4 Å². The van der Waals surface area contributed by atoms with Gasteiger partial charge in [-0.15, -0.1) is 0 Å². The molecule has 4 nitrogen and oxygen atoms in total. The number of carbonyl (C=O) groups is 1. The third-order valence-corrected chi connectivity index (χ3v) is 1.82. The average molecular weight is 214 g/mol. The van der Waals surface area contributed by atoms with Crippen molar-refractivity contribution in [1.29, 1.82) is 0 Å². The molecular formula is C9H8ClNO3. The van der Waals surface area contributed by atoms with E-state index in [2.05, 4.69) is 4.98 Å². The molecule has 1 aromatic rings. The summed E-state index contributed by atoms with van der Waals surface area (Å²) < 4.78 is 4.92. The summed E-state index contributed by atoms with van der Waals surface area (Å²) in [5, 5.41) is 8.84. The maximum atomic E-state index is 10.3. The molecule has 1 rings (SSSR count). The molecule has 1 heterocycles. The van der Waals surface area contributed by atoms with Crippen molar-refractivity contribution in [1.82, 2.24) is 4.98 Å². The lowest BCUT2D eigenvalue weighted by Gasteiger charge is -2.03. The minimum Gasteiger partial charge on any atom is -0.481 e. The standard InChI is InChI=1S/C9H8ClNO3/c1-14-9-6(2-3-8(12)13)7(10)4-5-11-9/h2-5H,1H3,(H,12,13)/b3-2+. The lowest BCUT2D eigenvalue weighted by atomic mass is 10.2. The van der Waals surface area contributed by atoms with Crippen LogP contribution in [0.2, 0.25) is 5.02 Å². The molecule has 0 saturated carbocycles. The Morgan fingerprint density at radius 1 is 1.71 bits per heavy atom. The zero-order chi connectivity index (χ0) is 10.6. The maximum absolute atomic E-state index is 10.3. The van der Waals surface area contributed by atoms with Gasteiger partial charge in [-0.1, -0.05) is 11.6 Å². The highest BCUT2D eigenvalue weighted by Gasteiger charge is 2.05. The summed E-state index contributed by atoms with van der Waals surface area (Å²) in [5.41, 5.74) is 0.457. The van der Waals surface area contributed by atoms with Crippen molar-refractivity contribution in [2.75, 3.05) is 7.11 Å². The number of hydrogen-bond acceptors (Lipinski definition) is 3. The Morgan fingerprint density at radius 3 is 3.00 bits per heavy atom. The third kappa shape index (κ3) is 2.47. The van der Waals surface area contributed by atoms with E-state index < -0.39 is 5.97 Å². The van der Waals surface area contributed by atoms with Crippen LogP contribution in [0.3, 0.4) is 0 Å². The van der Waals surface area contributed by atoms with Gasteiger partial charge in [0, 0.05) is 12.3 Å². The SMILES string of the molecule is COc1nccc(Cl)c1/C=C/C(=O)O. The van der Waals surface area contributed by atoms with Gasteiger partial charge in [0.25, 0.3) is 0 Å². The van der Waals surface area contributed by atoms with Crippen molar-refractivity contribution in [2.45, 2.75) is 0 Å². The lowest BCUT2D eigenvalue weighted by molar-refractivity contribution is -0.131. The van der Waals surface area contributed by atoms with Gasteiger partial charge in [0.1, 0.15) is 0 Å². The Bertz CT molecular complexity index is 376. The normalized spacial score (nSPS) is 10.4. The van der Waals surface area contributed by atoms with E-state index in [1.165, 1.54) is 19.4 Å². The molecule has 0 aliphatic rings. The van der Waals surface area contributed by atoms with Gasteiger partial charge in [-0.2, -0.15) is 0 Å². The molecule has 74 valence electrons. The minimum atomic E-state index is -1.05. The molecule has 14 heavy (non-hydrogen) atoms. The van der Waals surface area contributed by atoms with Gasteiger partial charge < -0.3 is 9.84 Å². The van der Waals surface area contributed by atoms with Gasteiger partial charge in [-0.3, -0.25) is 0 Å². The molecule has 0 saturated heterocycles. The summed E-state index contributed by atoms with van der Waals surface area (Å²) in [4.78, 5) is 14.2. The smallest absolute Gasteiger partial charge is 0.328 e. The zero-order valence-electron chi connectivity index (χ0n) is 7.40. The zero-order valence-corrected chi connectivity index (χ0v) is 8.15. The Hall–Kier alpha value is -1.55. The van der Waals surface area contributed by atoms with Gasteiger partial charge in [-0.05, 0) is 12.1 Å². The van der Waals surface area contributed by atoms with Crippen LogP contribution in [-0.4, -0.2) is 23.2 Å². The van der Waals surface area contributed by atoms with Crippen molar-refractivity contribution >= 4 is 23.6 Å². The van der Waals surface area contributed by atoms with E-state index in [0.29, 0.717) is 16.5 Å². The van der Waals surface area contributed by atoms with Crippen LogP contribution in [-0.2, 0) is 4.79 Å². The van der Waals surface area contributed by atoms with E-state index in [0.717, 1.165) is 6.08 Å². The first kappa shape index (κ1) is 10.5. The molecule has 0 unspecified atom stereocenters. The summed E-state index contributed by atoms with van der Waals surface area (Å²) >= 11 is 5.83. The highest BCUT2D eigenvalue weighted by Crippen LogP contribution is 2.24. The number of aliphatic carboxylic acids is 1. The highest BCUT2D eigenvalue weighted by atomic mass is 35.5. The summed E-state index contributed by atoms with van der Waals surface area (Å²) in [7, 11) is 1.44. The maximum Gasteiger partial charge on any atom is 0.328 e. The molecule has 0 aliphatic carbocycles. The molecule has 1 aromatic heterocycles. The van der Waals surface area contributed by atoms with E-state index in [1.807, 2.05) is 0 Å². The predicted octanol–water partition coefficient (Wildman–Crippen LogP) is 1.84. The number of methoxy groups -OCH3 is 1. The van der Waals surface area contributed by atoms with Crippen molar-refractivity contribution in [3.63, 3.8) is 0 Å². The molecule has 0 spiro atoms. The number of ether oxygens (including phenoxy) is 1. The fraction of sp³-hybridized carbons (Fsp3) is 0.111. The molecule has 5 heteroatoms. The monoisotopic (exact) mass is 213 g/mol. The molecular weight excluding hydrogens is 206 g/mol. The van der Waals surface area contributed by atoms with Crippen molar-refractivity contribution in [2.24, 2.45) is 0 Å². The van der Waals surface area contributed by atoms with Gasteiger partial charge >= 0.3 is 5.97 Å². The molecule has 0 atom stereocenters. The van der Waals surface area contributed by atoms with Gasteiger partial charge in [0.2, 0.25) is 5.88 Å². The number of nitrogens with zero attached hydrogens (tertiary/aromatic N) is 1. The van der Waals surface area contributed by atoms with E-state index in [9.17, 15) is 4.79 Å². The number of aromatic nitrogens is 1. The van der Waals surface area contributed by atoms with Crippen LogP contribution in [0.25, 0.3) is 6.08 Å². The van der Waals surface area contributed by atoms with Crippen LogP contribution in [0.15, 0.2) is 18.3 Å². The van der Waals surface area contributed by atoms with Gasteiger partial charge in [0.05, 0.1) is 17.7 Å². The van der Waals surface area contributed by atoms with Gasteiger partial charge in [0.15, 0.2) is 0 Å². The van der Waals surface area contributed by atoms with Gasteiger partial charge in [-0.25, -0.2) is 9.78 Å². The second-order valence-electron chi connectivity index (χ2n) is 2.39. The minimum absolute atomic E-state index is 0.301. The second kappa shape index (κ2) is 4.62. The van der Waals surface area contributed by atoms with Crippen molar-refractivity contribution < 1.29 is 14.6 Å². The number of hydrogen-bond donors (Lipinski definition) is 1. The Kier molecular flexibility index (Phi) is 3.48. The summed E-state index contributed by atoms with van der Waals surface area (Å²) in [6.07, 6.45) is 3.81. The molecule has 0 amide bonds. The lowest BCUT2D eigenvalue weighted by Crippen LogP contribution is -1.92. The fourth-order valence-corrected chi connectivity index (χ4v) is 1.10. The Balaban J connectivity index is 3.11. The molecule has 0 aliphatic heterocycles. The van der Waals surface area contributed by atoms with E-state index in [4.69, 9.17) is 21.4 Å². The summed E-state index contributed by atoms with van der Waals surface area (Å²) in [6.45, 7) is 0. The Morgan fingerprint density at radius 2 is 2.43 bits per heavy atom. The fourth-order valence-electron chi connectivity index (χ4n) is 0.900. The van der Waals surface area contributed by atoms with Crippen molar-refractivity contribution in [3.8, 4) is 5.88 Å². The first-order valence-corrected chi connectivity index (χ1v) is 4.12. The van der Waals surface area contributed by atoms with Crippen molar-refractivity contribution in [3.05, 3.63) is 28.9 Å². The highest BCUT2D eigenvalue weighted by molar-refractivity contribution is 6.32. The van der Waals surface area contributed by atoms with Crippen LogP contribution in [0.4, 0.5) is 0 Å². The summed E-state index contributed by atoms with van der Waals surface area (Å²) in [6, 6.07) is 1.56. The third-order valence-electron chi connectivity index (χ3n) is 1.49. The second-order valence-corrected chi connectivity index (χ2v) is 2.79. The van der Waals surface area contributed by atoms with E-state index in [1.54, 1.807) is 6.07 Å². The molecule has 1 N–H and O–H groups in total. The largest absolute Gasteiger partial charge is 0.481 e. The van der Waals surface area contributed by atoms with Crippen LogP contribution in [0.1, 0.15) is 5.56 Å². The average Bonchev–Trinajstić information content (AvgIpc) is 2.15. The van der Waals surface area contributed by atoms with Crippen LogP contribution in [0.5, 0.6) is 5.88 Å². The van der Waals surface area contributed by atoms with Crippen LogP contribution < -0.4 is 4.74 Å². The van der Waals surface area contributed by atoms with Crippen LogP contribution >= 0.6 is 11.6 Å². The molecule has 0 fully saturated rings. The first-order valence-electron chi connectivity index (χ1n) is 3.74. The number of pyridine rings is 1. The van der Waals surface area contributed by atoms with E-state index >= 15 is 0 Å². The van der Waals surface area contributed by atoms with Crippen LogP contribution in [0, 0.1) is 0 Å².